The van der Waals surface area contributed by atoms with Crippen molar-refractivity contribution in [1.82, 2.24) is 15.2 Å². The van der Waals surface area contributed by atoms with Gasteiger partial charge in [-0.05, 0) is 0 Å². The summed E-state index contributed by atoms with van der Waals surface area (Å²) in [6, 6.07) is 0.823. The highest BCUT2D eigenvalue weighted by molar-refractivity contribution is 8.00. The number of rotatable bonds is 9. The van der Waals surface area contributed by atoms with Crippen LogP contribution in [-0.2, 0) is 24.0 Å². The van der Waals surface area contributed by atoms with Gasteiger partial charge in [-0.3, -0.25) is 19.2 Å². The summed E-state index contributed by atoms with van der Waals surface area (Å²) < 4.78 is 0. The fraction of sp³-hybridized carbons (Fsp3) is 0.353. The predicted molar refractivity (Wildman–Crippen MR) is 110 cm³/mol. The van der Waals surface area contributed by atoms with Gasteiger partial charge in [-0.2, -0.15) is 5.26 Å². The Morgan fingerprint density at radius 2 is 2.35 bits per heavy atom. The molecule has 2 fully saturated rings. The van der Waals surface area contributed by atoms with Gasteiger partial charge in [0.2, 0.25) is 18.9 Å². The minimum atomic E-state index is -1.24. The third kappa shape index (κ3) is 4.23. The molecule has 0 saturated carbocycles. The molecule has 2 unspecified atom stereocenters. The number of nitriles is 1. The molecule has 3 rings (SSSR count). The Bertz CT molecular complexity index is 1000. The van der Waals surface area contributed by atoms with Crippen molar-refractivity contribution in [3.05, 3.63) is 23.7 Å². The van der Waals surface area contributed by atoms with Crippen LogP contribution in [-0.4, -0.2) is 75.2 Å². The highest BCUT2D eigenvalue weighted by Gasteiger charge is 2.56. The van der Waals surface area contributed by atoms with Crippen LogP contribution >= 0.6 is 23.1 Å². The molecule has 0 aromatic carbocycles. The Morgan fingerprint density at radius 3 is 3.00 bits per heavy atom. The first-order chi connectivity index (χ1) is 14.9. The van der Waals surface area contributed by atoms with Crippen LogP contribution in [0.15, 0.2) is 23.2 Å². The number of fused-ring (bicyclic) bond motifs is 1. The highest BCUT2D eigenvalue weighted by atomic mass is 32.2. The molecule has 2 saturated heterocycles. The van der Waals surface area contributed by atoms with Crippen molar-refractivity contribution < 1.29 is 29.1 Å². The standard InChI is InChI=1S/C17H16N6O6S2/c1-2-17(15(27)28)6-23-13(26)11(14(23)31-7-17)21-12(25)10(22-29-4-3-18)9-5-30-16(20-9)19-8-24/h2,5,8,11,14H,1,4,6-7H2,(H,21,25)(H,27,28)(H,19,20,24)/t11?,14-,17?/m1/s1. The van der Waals surface area contributed by atoms with E-state index in [9.17, 15) is 24.3 Å². The maximum absolute atomic E-state index is 12.8. The molecule has 3 amide bonds. The van der Waals surface area contributed by atoms with Crippen molar-refractivity contribution in [2.75, 3.05) is 24.2 Å². The smallest absolute Gasteiger partial charge is 0.316 e. The number of thiazole rings is 1. The van der Waals surface area contributed by atoms with E-state index in [-0.39, 0.29) is 28.8 Å². The number of oxime groups is 1. The van der Waals surface area contributed by atoms with Gasteiger partial charge in [0.25, 0.3) is 5.91 Å². The molecule has 3 atom stereocenters. The summed E-state index contributed by atoms with van der Waals surface area (Å²) in [6.45, 7) is 3.13. The van der Waals surface area contributed by atoms with Crippen LogP contribution in [0.5, 0.6) is 0 Å². The van der Waals surface area contributed by atoms with Crippen LogP contribution in [0.4, 0.5) is 5.13 Å². The van der Waals surface area contributed by atoms with Crippen LogP contribution in [0.1, 0.15) is 5.69 Å². The van der Waals surface area contributed by atoms with Crippen molar-refractivity contribution in [3.63, 3.8) is 0 Å². The average molecular weight is 464 g/mol. The number of nitrogens with one attached hydrogen (secondary N) is 2. The van der Waals surface area contributed by atoms with Crippen molar-refractivity contribution in [2.24, 2.45) is 10.6 Å². The maximum Gasteiger partial charge on any atom is 0.316 e. The number of hydrogen-bond acceptors (Lipinski definition) is 10. The number of thioether (sulfide) groups is 1. The monoisotopic (exact) mass is 464 g/mol. The van der Waals surface area contributed by atoms with Crippen LogP contribution < -0.4 is 10.6 Å². The van der Waals surface area contributed by atoms with Crippen LogP contribution in [0, 0.1) is 16.7 Å². The number of anilines is 1. The number of β-lactam (4-membered cyclic amide) rings is 1. The lowest BCUT2D eigenvalue weighted by molar-refractivity contribution is -0.156. The second-order valence-corrected chi connectivity index (χ2v) is 8.42. The predicted octanol–water partition coefficient (Wildman–Crippen LogP) is -0.387. The summed E-state index contributed by atoms with van der Waals surface area (Å²) in [5.74, 6) is -2.07. The lowest BCUT2D eigenvalue weighted by Gasteiger charge is -2.53. The Morgan fingerprint density at radius 1 is 1.58 bits per heavy atom. The molecule has 1 aromatic heterocycles. The third-order valence-corrected chi connectivity index (χ3v) is 6.96. The topological polar surface area (TPSA) is 174 Å². The van der Waals surface area contributed by atoms with E-state index < -0.39 is 41.2 Å². The van der Waals surface area contributed by atoms with Gasteiger partial charge in [0.15, 0.2) is 10.8 Å². The van der Waals surface area contributed by atoms with Gasteiger partial charge in [0.05, 0.1) is 0 Å². The van der Waals surface area contributed by atoms with E-state index in [4.69, 9.17) is 10.1 Å². The number of carboxylic acids is 1. The second kappa shape index (κ2) is 9.14. The molecule has 162 valence electrons. The molecule has 0 aliphatic carbocycles. The number of amides is 3. The first-order valence-corrected chi connectivity index (χ1v) is 10.6. The van der Waals surface area contributed by atoms with Gasteiger partial charge in [0.1, 0.15) is 28.6 Å². The first kappa shape index (κ1) is 22.2. The lowest BCUT2D eigenvalue weighted by atomic mass is 9.87. The maximum atomic E-state index is 12.8. The number of carbonyl (C=O) groups excluding carboxylic acids is 3. The Labute approximate surface area is 183 Å². The fourth-order valence-corrected chi connectivity index (χ4v) is 5.16. The number of aliphatic carboxylic acids is 1. The summed E-state index contributed by atoms with van der Waals surface area (Å²) in [5, 5.41) is 27.9. The number of carboxylic acid groups (broad SMARTS) is 1. The van der Waals surface area contributed by atoms with Gasteiger partial charge in [-0.25, -0.2) is 4.98 Å². The van der Waals surface area contributed by atoms with E-state index in [1.165, 1.54) is 28.1 Å². The molecule has 3 heterocycles. The molecular weight excluding hydrogens is 448 g/mol. The van der Waals surface area contributed by atoms with Gasteiger partial charge in [-0.15, -0.1) is 29.7 Å². The average Bonchev–Trinajstić information content (AvgIpc) is 3.22. The SMILES string of the molecule is C=CC1(C(=O)O)CS[C@@H]2C(NC(=O)C(=NOCC#N)c3csc(NC=O)n3)C(=O)N2C1. The summed E-state index contributed by atoms with van der Waals surface area (Å²) in [6.07, 6.45) is 1.75. The quantitative estimate of drug-likeness (QED) is 0.110. The zero-order valence-electron chi connectivity index (χ0n) is 15.8. The van der Waals surface area contributed by atoms with E-state index in [1.54, 1.807) is 6.07 Å². The normalized spacial score (nSPS) is 24.8. The van der Waals surface area contributed by atoms with Crippen molar-refractivity contribution in [3.8, 4) is 6.07 Å². The minimum Gasteiger partial charge on any atom is -0.481 e. The van der Waals surface area contributed by atoms with E-state index in [0.29, 0.717) is 6.41 Å². The molecule has 0 radical (unpaired) electrons. The van der Waals surface area contributed by atoms with E-state index in [2.05, 4.69) is 27.4 Å². The van der Waals surface area contributed by atoms with Crippen LogP contribution in [0.25, 0.3) is 0 Å². The van der Waals surface area contributed by atoms with E-state index in [0.717, 1.165) is 11.3 Å². The van der Waals surface area contributed by atoms with Crippen molar-refractivity contribution >= 4 is 58.1 Å². The molecular formula is C17H16N6O6S2. The van der Waals surface area contributed by atoms with Gasteiger partial charge >= 0.3 is 5.97 Å². The van der Waals surface area contributed by atoms with Gasteiger partial charge in [0, 0.05) is 17.7 Å². The Balaban J connectivity index is 1.74. The molecule has 0 bridgehead atoms. The van der Waals surface area contributed by atoms with Gasteiger partial charge < -0.3 is 25.5 Å². The second-order valence-electron chi connectivity index (χ2n) is 6.46. The van der Waals surface area contributed by atoms with Crippen LogP contribution in [0.2, 0.25) is 0 Å². The first-order valence-electron chi connectivity index (χ1n) is 8.70. The zero-order chi connectivity index (χ0) is 22.6. The molecule has 12 nitrogen and oxygen atoms in total. The van der Waals surface area contributed by atoms with Crippen LogP contribution in [0.3, 0.4) is 0 Å². The number of hydrogen-bond donors (Lipinski definition) is 3. The molecule has 3 N–H and O–H groups in total. The number of aromatic nitrogens is 1. The third-order valence-electron chi connectivity index (χ3n) is 4.64. The van der Waals surface area contributed by atoms with Crippen molar-refractivity contribution in [1.29, 1.82) is 5.26 Å². The van der Waals surface area contributed by atoms with E-state index in [1.807, 2.05) is 0 Å². The van der Waals surface area contributed by atoms with Gasteiger partial charge in [-0.1, -0.05) is 11.2 Å². The number of carbonyl (C=O) groups is 4. The molecule has 1 aromatic rings. The molecule has 0 spiro atoms. The molecule has 31 heavy (non-hydrogen) atoms. The largest absolute Gasteiger partial charge is 0.481 e. The molecule has 2 aliphatic heterocycles. The summed E-state index contributed by atoms with van der Waals surface area (Å²) in [5.41, 5.74) is -1.43. The lowest BCUT2D eigenvalue weighted by Crippen LogP contribution is -2.73. The summed E-state index contributed by atoms with van der Waals surface area (Å²) in [4.78, 5) is 57.7. The fourth-order valence-electron chi connectivity index (χ4n) is 2.97. The minimum absolute atomic E-state index is 0.0340. The molecule has 14 heteroatoms. The summed E-state index contributed by atoms with van der Waals surface area (Å²) in [7, 11) is 0. The zero-order valence-corrected chi connectivity index (χ0v) is 17.4. The Hall–Kier alpha value is -3.44. The Kier molecular flexibility index (Phi) is 6.56. The summed E-state index contributed by atoms with van der Waals surface area (Å²) >= 11 is 2.27. The van der Waals surface area contributed by atoms with E-state index >= 15 is 0 Å². The highest BCUT2D eigenvalue weighted by Crippen LogP contribution is 2.42. The molecule has 2 aliphatic rings. The van der Waals surface area contributed by atoms with Crippen molar-refractivity contribution in [2.45, 2.75) is 11.4 Å². The number of nitrogens with zero attached hydrogens (tertiary/aromatic N) is 4.